The number of carbonyl (C=O) groups is 2. The van der Waals surface area contributed by atoms with Gasteiger partial charge in [-0.2, -0.15) is 4.98 Å². The van der Waals surface area contributed by atoms with Crippen molar-refractivity contribution in [2.75, 3.05) is 31.6 Å². The lowest BCUT2D eigenvalue weighted by molar-refractivity contribution is -0.121. The van der Waals surface area contributed by atoms with E-state index in [2.05, 4.69) is 20.2 Å². The summed E-state index contributed by atoms with van der Waals surface area (Å²) in [6, 6.07) is 6.92. The summed E-state index contributed by atoms with van der Waals surface area (Å²) in [6.07, 6.45) is 4.81. The van der Waals surface area contributed by atoms with E-state index in [1.807, 2.05) is 39.8 Å². The number of halogens is 1. The minimum Gasteiger partial charge on any atom is -0.495 e. The van der Waals surface area contributed by atoms with Crippen LogP contribution in [0.3, 0.4) is 0 Å². The molecule has 1 aliphatic heterocycles. The second kappa shape index (κ2) is 11.9. The molecule has 39 heavy (non-hydrogen) atoms. The number of amides is 2. The van der Waals surface area contributed by atoms with E-state index >= 15 is 0 Å². The molecule has 1 unspecified atom stereocenters. The number of piperazine rings is 1. The highest BCUT2D eigenvalue weighted by Gasteiger charge is 2.34. The molecule has 0 saturated carbocycles. The number of benzene rings is 1. The number of ether oxygens (including phenoxy) is 2. The molecular weight excluding hydrogens is 522 g/mol. The zero-order valence-corrected chi connectivity index (χ0v) is 23.6. The summed E-state index contributed by atoms with van der Waals surface area (Å²) in [4.78, 5) is 43.1. The molecule has 0 spiro atoms. The summed E-state index contributed by atoms with van der Waals surface area (Å²) in [7, 11) is 1.55. The molecule has 1 N–H and O–H groups in total. The van der Waals surface area contributed by atoms with Crippen molar-refractivity contribution in [1.29, 1.82) is 0 Å². The van der Waals surface area contributed by atoms with Crippen LogP contribution in [0.2, 0.25) is 5.02 Å². The first-order valence-electron chi connectivity index (χ1n) is 12.7. The lowest BCUT2D eigenvalue weighted by Crippen LogP contribution is -2.57. The van der Waals surface area contributed by atoms with Crippen LogP contribution in [0.5, 0.6) is 5.75 Å². The van der Waals surface area contributed by atoms with Gasteiger partial charge in [-0.05, 0) is 45.4 Å². The Morgan fingerprint density at radius 2 is 1.97 bits per heavy atom. The van der Waals surface area contributed by atoms with E-state index in [0.29, 0.717) is 48.7 Å². The predicted molar refractivity (Wildman–Crippen MR) is 147 cm³/mol. The third-order valence-electron chi connectivity index (χ3n) is 6.12. The Bertz CT molecular complexity index is 1310. The quantitative estimate of drug-likeness (QED) is 0.468. The molecule has 4 rings (SSSR count). The molecule has 1 fully saturated rings. The van der Waals surface area contributed by atoms with Crippen LogP contribution in [-0.4, -0.2) is 74.8 Å². The fraction of sp³-hybridized carbons (Fsp3) is 0.444. The van der Waals surface area contributed by atoms with Crippen molar-refractivity contribution in [1.82, 2.24) is 29.7 Å². The van der Waals surface area contributed by atoms with Crippen LogP contribution in [0.4, 0.5) is 10.6 Å². The Labute approximate surface area is 233 Å². The molecule has 0 bridgehead atoms. The first-order chi connectivity index (χ1) is 18.5. The number of imidazole rings is 1. The molecule has 11 nitrogen and oxygen atoms in total. The van der Waals surface area contributed by atoms with Crippen molar-refractivity contribution in [3.8, 4) is 11.7 Å². The monoisotopic (exact) mass is 555 g/mol. The van der Waals surface area contributed by atoms with E-state index in [-0.39, 0.29) is 18.4 Å². The smallest absolute Gasteiger partial charge is 0.410 e. The molecule has 0 aliphatic carbocycles. The molecule has 3 aromatic rings. The van der Waals surface area contributed by atoms with Crippen molar-refractivity contribution in [2.24, 2.45) is 0 Å². The number of aromatic nitrogens is 4. The van der Waals surface area contributed by atoms with Crippen LogP contribution in [0, 0.1) is 6.92 Å². The molecule has 1 aromatic carbocycles. The standard InChI is InChI=1S/C27H34ClN7O4/c1-18-12-23(32-25(31-18)34-9-8-29-17-34)35-11-10-33(26(37)39-27(2,3)4)16-20(35)14-24(36)30-15-19-6-7-22(38-5)21(28)13-19/h6-9,12-13,17,20H,10-11,14-16H2,1-5H3,(H,30,36). The second-order valence-electron chi connectivity index (χ2n) is 10.4. The second-order valence-corrected chi connectivity index (χ2v) is 10.8. The van der Waals surface area contributed by atoms with Crippen LogP contribution in [0.15, 0.2) is 43.0 Å². The van der Waals surface area contributed by atoms with E-state index in [0.717, 1.165) is 11.3 Å². The van der Waals surface area contributed by atoms with Gasteiger partial charge in [-0.1, -0.05) is 17.7 Å². The Hall–Kier alpha value is -3.86. The minimum absolute atomic E-state index is 0.145. The van der Waals surface area contributed by atoms with Crippen molar-refractivity contribution >= 4 is 29.4 Å². The van der Waals surface area contributed by atoms with E-state index in [9.17, 15) is 9.59 Å². The Kier molecular flexibility index (Phi) is 8.59. The van der Waals surface area contributed by atoms with E-state index in [1.54, 1.807) is 47.4 Å². The number of aryl methyl sites for hydroxylation is 1. The molecule has 1 atom stereocenters. The summed E-state index contributed by atoms with van der Waals surface area (Å²) >= 11 is 6.23. The zero-order chi connectivity index (χ0) is 28.2. The Balaban J connectivity index is 1.53. The zero-order valence-electron chi connectivity index (χ0n) is 22.8. The van der Waals surface area contributed by atoms with Crippen molar-refractivity contribution in [3.05, 3.63) is 59.3 Å². The number of hydrogen-bond donors (Lipinski definition) is 1. The molecule has 2 aromatic heterocycles. The van der Waals surface area contributed by atoms with Crippen molar-refractivity contribution < 1.29 is 19.1 Å². The van der Waals surface area contributed by atoms with Gasteiger partial charge in [0.15, 0.2) is 0 Å². The maximum atomic E-state index is 13.1. The lowest BCUT2D eigenvalue weighted by Gasteiger charge is -2.42. The van der Waals surface area contributed by atoms with Gasteiger partial charge in [0.25, 0.3) is 0 Å². The van der Waals surface area contributed by atoms with E-state index in [4.69, 9.17) is 26.1 Å². The summed E-state index contributed by atoms with van der Waals surface area (Å²) < 4.78 is 12.5. The number of nitrogens with zero attached hydrogens (tertiary/aromatic N) is 6. The third-order valence-corrected chi connectivity index (χ3v) is 6.42. The van der Waals surface area contributed by atoms with Gasteiger partial charge >= 0.3 is 6.09 Å². The fourth-order valence-electron chi connectivity index (χ4n) is 4.31. The highest BCUT2D eigenvalue weighted by molar-refractivity contribution is 6.32. The van der Waals surface area contributed by atoms with Gasteiger partial charge in [-0.25, -0.2) is 14.8 Å². The molecule has 12 heteroatoms. The van der Waals surface area contributed by atoms with Gasteiger partial charge in [0.2, 0.25) is 11.9 Å². The van der Waals surface area contributed by atoms with Crippen LogP contribution in [0.25, 0.3) is 5.95 Å². The minimum atomic E-state index is -0.621. The normalized spacial score (nSPS) is 15.7. The van der Waals surface area contributed by atoms with Crippen molar-refractivity contribution in [3.63, 3.8) is 0 Å². The lowest BCUT2D eigenvalue weighted by atomic mass is 10.1. The van der Waals surface area contributed by atoms with E-state index < -0.39 is 11.7 Å². The summed E-state index contributed by atoms with van der Waals surface area (Å²) in [6.45, 7) is 8.91. The van der Waals surface area contributed by atoms with Gasteiger partial charge < -0.3 is 24.6 Å². The Morgan fingerprint density at radius 1 is 1.18 bits per heavy atom. The predicted octanol–water partition coefficient (Wildman–Crippen LogP) is 3.76. The van der Waals surface area contributed by atoms with Gasteiger partial charge in [-0.15, -0.1) is 0 Å². The maximum absolute atomic E-state index is 13.1. The van der Waals surface area contributed by atoms with Crippen LogP contribution < -0.4 is 15.0 Å². The average molecular weight is 556 g/mol. The van der Waals surface area contributed by atoms with Crippen LogP contribution >= 0.6 is 11.6 Å². The maximum Gasteiger partial charge on any atom is 0.410 e. The third kappa shape index (κ3) is 7.38. The molecular formula is C27H34ClN7O4. The van der Waals surface area contributed by atoms with Crippen LogP contribution in [0.1, 0.15) is 38.4 Å². The highest BCUT2D eigenvalue weighted by Crippen LogP contribution is 2.26. The van der Waals surface area contributed by atoms with Crippen molar-refractivity contribution in [2.45, 2.75) is 52.3 Å². The number of anilines is 1. The summed E-state index contributed by atoms with van der Waals surface area (Å²) in [5, 5.41) is 3.44. The molecule has 3 heterocycles. The number of hydrogen-bond acceptors (Lipinski definition) is 8. The summed E-state index contributed by atoms with van der Waals surface area (Å²) in [5.41, 5.74) is 1.00. The Morgan fingerprint density at radius 3 is 2.64 bits per heavy atom. The SMILES string of the molecule is COc1ccc(CNC(=O)CC2CN(C(=O)OC(C)(C)C)CCN2c2cc(C)nc(-n3ccnc3)n2)cc1Cl. The van der Waals surface area contributed by atoms with Gasteiger partial charge in [0.05, 0.1) is 18.2 Å². The first-order valence-corrected chi connectivity index (χ1v) is 13.1. The molecule has 208 valence electrons. The number of carbonyl (C=O) groups excluding carboxylic acids is 2. The van der Waals surface area contributed by atoms with Crippen LogP contribution in [-0.2, 0) is 16.1 Å². The van der Waals surface area contributed by atoms with Gasteiger partial charge in [0, 0.05) is 56.8 Å². The molecule has 2 amide bonds. The molecule has 0 radical (unpaired) electrons. The van der Waals surface area contributed by atoms with E-state index in [1.165, 1.54) is 0 Å². The molecule has 1 aliphatic rings. The molecule has 1 saturated heterocycles. The average Bonchev–Trinajstić information content (AvgIpc) is 3.41. The van der Waals surface area contributed by atoms with Gasteiger partial charge in [-0.3, -0.25) is 9.36 Å². The highest BCUT2D eigenvalue weighted by atomic mass is 35.5. The summed E-state index contributed by atoms with van der Waals surface area (Å²) in [5.74, 6) is 1.57. The number of nitrogens with one attached hydrogen (secondary N) is 1. The fourth-order valence-corrected chi connectivity index (χ4v) is 4.59. The topological polar surface area (TPSA) is 115 Å². The first kappa shape index (κ1) is 28.2. The number of rotatable bonds is 7. The van der Waals surface area contributed by atoms with Gasteiger partial charge in [0.1, 0.15) is 23.5 Å². The largest absolute Gasteiger partial charge is 0.495 e. The number of methoxy groups -OCH3 is 1.